The lowest BCUT2D eigenvalue weighted by Gasteiger charge is -2.18. The first-order valence-corrected chi connectivity index (χ1v) is 8.70. The van der Waals surface area contributed by atoms with E-state index in [-0.39, 0.29) is 5.91 Å². The summed E-state index contributed by atoms with van der Waals surface area (Å²) in [6.45, 7) is 5.99. The molecule has 27 heavy (non-hydrogen) atoms. The third-order valence-corrected chi connectivity index (χ3v) is 4.21. The highest BCUT2D eigenvalue weighted by molar-refractivity contribution is 5.80. The van der Waals surface area contributed by atoms with Crippen molar-refractivity contribution in [3.8, 4) is 23.0 Å². The number of aryl methyl sites for hydroxylation is 2. The van der Waals surface area contributed by atoms with Crippen LogP contribution in [0.3, 0.4) is 0 Å². The predicted octanol–water partition coefficient (Wildman–Crippen LogP) is 3.41. The molecule has 1 N–H and O–H groups in total. The zero-order valence-corrected chi connectivity index (χ0v) is 16.7. The molecule has 0 saturated heterocycles. The van der Waals surface area contributed by atoms with E-state index in [1.165, 1.54) is 0 Å². The van der Waals surface area contributed by atoms with Gasteiger partial charge >= 0.3 is 0 Å². The van der Waals surface area contributed by atoms with Gasteiger partial charge < -0.3 is 24.3 Å². The zero-order valence-electron chi connectivity index (χ0n) is 16.7. The normalized spacial score (nSPS) is 11.5. The minimum atomic E-state index is -0.618. The topological polar surface area (TPSA) is 66.0 Å². The van der Waals surface area contributed by atoms with Crippen LogP contribution in [0.2, 0.25) is 0 Å². The van der Waals surface area contributed by atoms with Crippen molar-refractivity contribution >= 4 is 5.91 Å². The van der Waals surface area contributed by atoms with E-state index in [2.05, 4.69) is 5.32 Å². The fraction of sp³-hybridized carbons (Fsp3) is 0.381. The van der Waals surface area contributed by atoms with Crippen molar-refractivity contribution in [2.24, 2.45) is 0 Å². The van der Waals surface area contributed by atoms with E-state index in [4.69, 9.17) is 18.9 Å². The summed E-state index contributed by atoms with van der Waals surface area (Å²) in [6, 6.07) is 9.52. The fourth-order valence-corrected chi connectivity index (χ4v) is 2.65. The lowest BCUT2D eigenvalue weighted by atomic mass is 10.1. The number of hydrogen-bond donors (Lipinski definition) is 1. The number of carbonyl (C=O) groups is 1. The summed E-state index contributed by atoms with van der Waals surface area (Å²) in [6.07, 6.45) is -0.618. The van der Waals surface area contributed by atoms with E-state index in [1.807, 2.05) is 32.0 Å². The third-order valence-electron chi connectivity index (χ3n) is 4.21. The molecule has 2 aromatic carbocycles. The minimum Gasteiger partial charge on any atom is -0.493 e. The largest absolute Gasteiger partial charge is 0.493 e. The monoisotopic (exact) mass is 373 g/mol. The van der Waals surface area contributed by atoms with Crippen LogP contribution in [0, 0.1) is 13.8 Å². The Kier molecular flexibility index (Phi) is 6.93. The summed E-state index contributed by atoms with van der Waals surface area (Å²) in [5.41, 5.74) is 2.90. The summed E-state index contributed by atoms with van der Waals surface area (Å²) >= 11 is 0. The van der Waals surface area contributed by atoms with Crippen LogP contribution in [0.15, 0.2) is 30.3 Å². The second-order valence-electron chi connectivity index (χ2n) is 6.28. The average molecular weight is 373 g/mol. The molecule has 0 unspecified atom stereocenters. The molecule has 0 spiro atoms. The molecule has 2 rings (SSSR count). The SMILES string of the molecule is COc1cc(CNC(=O)[C@H](C)Oc2cc(C)ccc2C)cc(OC)c1OC. The van der Waals surface area contributed by atoms with Gasteiger partial charge in [0.1, 0.15) is 5.75 Å². The van der Waals surface area contributed by atoms with Crippen molar-refractivity contribution in [1.29, 1.82) is 0 Å². The smallest absolute Gasteiger partial charge is 0.261 e. The zero-order chi connectivity index (χ0) is 20.0. The van der Waals surface area contributed by atoms with Gasteiger partial charge in [0, 0.05) is 6.54 Å². The first kappa shape index (κ1) is 20.4. The number of carbonyl (C=O) groups excluding carboxylic acids is 1. The van der Waals surface area contributed by atoms with Crippen LogP contribution in [-0.4, -0.2) is 33.3 Å². The molecule has 0 aliphatic heterocycles. The second kappa shape index (κ2) is 9.16. The molecule has 0 heterocycles. The summed E-state index contributed by atoms with van der Waals surface area (Å²) in [5.74, 6) is 2.11. The van der Waals surface area contributed by atoms with E-state index in [1.54, 1.807) is 40.4 Å². The van der Waals surface area contributed by atoms with Crippen molar-refractivity contribution in [2.75, 3.05) is 21.3 Å². The van der Waals surface area contributed by atoms with Gasteiger partial charge in [-0.1, -0.05) is 12.1 Å². The van der Waals surface area contributed by atoms with Crippen LogP contribution >= 0.6 is 0 Å². The first-order valence-electron chi connectivity index (χ1n) is 8.70. The van der Waals surface area contributed by atoms with Gasteiger partial charge in [-0.2, -0.15) is 0 Å². The van der Waals surface area contributed by atoms with E-state index < -0.39 is 6.10 Å². The Balaban J connectivity index is 2.05. The molecule has 0 saturated carbocycles. The van der Waals surface area contributed by atoms with Crippen LogP contribution in [-0.2, 0) is 11.3 Å². The standard InChI is InChI=1S/C21H27NO5/c1-13-7-8-14(2)17(9-13)27-15(3)21(23)22-12-16-10-18(24-4)20(26-6)19(11-16)25-5/h7-11,15H,12H2,1-6H3,(H,22,23)/t15-/m0/s1. The lowest BCUT2D eigenvalue weighted by Crippen LogP contribution is -2.36. The highest BCUT2D eigenvalue weighted by Gasteiger charge is 2.17. The van der Waals surface area contributed by atoms with E-state index >= 15 is 0 Å². The van der Waals surface area contributed by atoms with Gasteiger partial charge in [0.2, 0.25) is 5.75 Å². The van der Waals surface area contributed by atoms with Crippen molar-refractivity contribution in [2.45, 2.75) is 33.4 Å². The number of benzene rings is 2. The maximum atomic E-state index is 12.4. The predicted molar refractivity (Wildman–Crippen MR) is 104 cm³/mol. The van der Waals surface area contributed by atoms with Gasteiger partial charge in [0.25, 0.3) is 5.91 Å². The molecule has 1 amide bonds. The molecular weight excluding hydrogens is 346 g/mol. The summed E-state index contributed by atoms with van der Waals surface area (Å²) in [5, 5.41) is 2.88. The molecule has 0 radical (unpaired) electrons. The maximum Gasteiger partial charge on any atom is 0.261 e. The number of methoxy groups -OCH3 is 3. The molecule has 6 heteroatoms. The Hall–Kier alpha value is -2.89. The number of hydrogen-bond acceptors (Lipinski definition) is 5. The van der Waals surface area contributed by atoms with E-state index in [0.29, 0.717) is 29.5 Å². The Morgan fingerprint density at radius 3 is 2.15 bits per heavy atom. The quantitative estimate of drug-likeness (QED) is 0.768. The van der Waals surface area contributed by atoms with Gasteiger partial charge in [-0.3, -0.25) is 4.79 Å². The highest BCUT2D eigenvalue weighted by atomic mass is 16.5. The summed E-state index contributed by atoms with van der Waals surface area (Å²) in [4.78, 5) is 12.4. The molecule has 0 bridgehead atoms. The van der Waals surface area contributed by atoms with Gasteiger partial charge in [-0.25, -0.2) is 0 Å². The van der Waals surface area contributed by atoms with Crippen molar-refractivity contribution in [3.63, 3.8) is 0 Å². The van der Waals surface area contributed by atoms with Crippen molar-refractivity contribution in [3.05, 3.63) is 47.0 Å². The van der Waals surface area contributed by atoms with Gasteiger partial charge in [-0.05, 0) is 55.7 Å². The Labute approximate surface area is 160 Å². The number of nitrogens with one attached hydrogen (secondary N) is 1. The summed E-state index contributed by atoms with van der Waals surface area (Å²) < 4.78 is 21.8. The Morgan fingerprint density at radius 2 is 1.59 bits per heavy atom. The summed E-state index contributed by atoms with van der Waals surface area (Å²) in [7, 11) is 4.66. The van der Waals surface area contributed by atoms with E-state index in [0.717, 1.165) is 16.7 Å². The number of ether oxygens (including phenoxy) is 4. The molecule has 6 nitrogen and oxygen atoms in total. The fourth-order valence-electron chi connectivity index (χ4n) is 2.65. The molecule has 0 aliphatic carbocycles. The lowest BCUT2D eigenvalue weighted by molar-refractivity contribution is -0.127. The second-order valence-corrected chi connectivity index (χ2v) is 6.28. The molecular formula is C21H27NO5. The minimum absolute atomic E-state index is 0.204. The van der Waals surface area contributed by atoms with Crippen LogP contribution in [0.5, 0.6) is 23.0 Å². The first-order chi connectivity index (χ1) is 12.9. The maximum absolute atomic E-state index is 12.4. The number of amides is 1. The van der Waals surface area contributed by atoms with E-state index in [9.17, 15) is 4.79 Å². The number of rotatable bonds is 8. The Bertz CT molecular complexity index is 778. The third kappa shape index (κ3) is 5.06. The van der Waals surface area contributed by atoms with Crippen LogP contribution in [0.1, 0.15) is 23.6 Å². The molecule has 1 atom stereocenters. The molecule has 0 fully saturated rings. The van der Waals surface area contributed by atoms with Crippen LogP contribution < -0.4 is 24.3 Å². The van der Waals surface area contributed by atoms with Crippen LogP contribution in [0.25, 0.3) is 0 Å². The van der Waals surface area contributed by atoms with Gasteiger partial charge in [0.15, 0.2) is 17.6 Å². The Morgan fingerprint density at radius 1 is 0.963 bits per heavy atom. The highest BCUT2D eigenvalue weighted by Crippen LogP contribution is 2.38. The molecule has 0 aromatic heterocycles. The van der Waals surface area contributed by atoms with Crippen LogP contribution in [0.4, 0.5) is 0 Å². The molecule has 2 aromatic rings. The van der Waals surface area contributed by atoms with Crippen molar-refractivity contribution < 1.29 is 23.7 Å². The molecule has 146 valence electrons. The molecule has 0 aliphatic rings. The van der Waals surface area contributed by atoms with Gasteiger partial charge in [-0.15, -0.1) is 0 Å². The van der Waals surface area contributed by atoms with Gasteiger partial charge in [0.05, 0.1) is 21.3 Å². The average Bonchev–Trinajstić information content (AvgIpc) is 2.67. The van der Waals surface area contributed by atoms with Crippen molar-refractivity contribution in [1.82, 2.24) is 5.32 Å².